The Balaban J connectivity index is 2.04. The van der Waals surface area contributed by atoms with Crippen LogP contribution in [0.5, 0.6) is 0 Å². The van der Waals surface area contributed by atoms with Crippen LogP contribution in [0.15, 0.2) is 36.4 Å². The molecule has 0 saturated heterocycles. The van der Waals surface area contributed by atoms with Crippen molar-refractivity contribution in [2.45, 2.75) is 62.3 Å². The van der Waals surface area contributed by atoms with Gasteiger partial charge in [-0.25, -0.2) is 15.0 Å². The monoisotopic (exact) mass is 435 g/mol. The molecule has 0 bridgehead atoms. The summed E-state index contributed by atoms with van der Waals surface area (Å²) in [6.07, 6.45) is 0. The summed E-state index contributed by atoms with van der Waals surface area (Å²) in [6, 6.07) is 13.3. The van der Waals surface area contributed by atoms with Gasteiger partial charge < -0.3 is 0 Å². The van der Waals surface area contributed by atoms with Gasteiger partial charge in [0, 0.05) is 16.7 Å². The number of nitrogens with zero attached hydrogens (tertiary/aromatic N) is 3. The fraction of sp³-hybridized carbons (Fsp3) is 0.300. The number of benzene rings is 3. The molecule has 0 unspecified atom stereocenters. The Morgan fingerprint density at radius 2 is 0.515 bits per heavy atom. The minimum Gasteiger partial charge on any atom is -0.208 e. The molecule has 0 aliphatic carbocycles. The molecule has 168 valence electrons. The van der Waals surface area contributed by atoms with Crippen molar-refractivity contribution in [1.82, 2.24) is 15.0 Å². The maximum atomic E-state index is 5.01. The molecule has 3 nitrogen and oxygen atoms in total. The highest BCUT2D eigenvalue weighted by molar-refractivity contribution is 5.72. The lowest BCUT2D eigenvalue weighted by atomic mass is 9.98. The van der Waals surface area contributed by atoms with E-state index >= 15 is 0 Å². The molecular formula is C30H33N3. The van der Waals surface area contributed by atoms with E-state index in [1.165, 1.54) is 50.1 Å². The van der Waals surface area contributed by atoms with Crippen molar-refractivity contribution in [2.24, 2.45) is 0 Å². The predicted octanol–water partition coefficient (Wildman–Crippen LogP) is 7.65. The van der Waals surface area contributed by atoms with Gasteiger partial charge in [0.1, 0.15) is 0 Å². The molecule has 0 radical (unpaired) electrons. The number of aryl methyl sites for hydroxylation is 9. The van der Waals surface area contributed by atoms with Gasteiger partial charge in [-0.1, -0.05) is 18.2 Å². The highest BCUT2D eigenvalue weighted by atomic mass is 15.0. The van der Waals surface area contributed by atoms with E-state index in [-0.39, 0.29) is 0 Å². The van der Waals surface area contributed by atoms with Gasteiger partial charge in [-0.3, -0.25) is 0 Å². The Morgan fingerprint density at radius 1 is 0.303 bits per heavy atom. The van der Waals surface area contributed by atoms with Crippen LogP contribution in [0.3, 0.4) is 0 Å². The predicted molar refractivity (Wildman–Crippen MR) is 139 cm³/mol. The third-order valence-electron chi connectivity index (χ3n) is 6.88. The van der Waals surface area contributed by atoms with Crippen molar-refractivity contribution in [1.29, 1.82) is 0 Å². The van der Waals surface area contributed by atoms with Crippen LogP contribution in [-0.2, 0) is 0 Å². The largest absolute Gasteiger partial charge is 0.208 e. The summed E-state index contributed by atoms with van der Waals surface area (Å²) in [4.78, 5) is 15.0. The fourth-order valence-electron chi connectivity index (χ4n) is 4.34. The Morgan fingerprint density at radius 3 is 0.758 bits per heavy atom. The molecule has 1 aromatic heterocycles. The molecule has 3 heteroatoms. The summed E-state index contributed by atoms with van der Waals surface area (Å²) in [7, 11) is 0. The van der Waals surface area contributed by atoms with Crippen LogP contribution in [0.4, 0.5) is 0 Å². The first-order valence-corrected chi connectivity index (χ1v) is 11.6. The minimum absolute atomic E-state index is 0.728. The third kappa shape index (κ3) is 4.32. The quantitative estimate of drug-likeness (QED) is 0.332. The zero-order chi connectivity index (χ0) is 24.0. The Bertz CT molecular complexity index is 1210. The summed E-state index contributed by atoms with van der Waals surface area (Å²) >= 11 is 0. The average Bonchev–Trinajstić information content (AvgIpc) is 2.75. The van der Waals surface area contributed by atoms with Crippen LogP contribution in [0, 0.1) is 62.3 Å². The molecule has 0 aliphatic heterocycles. The lowest BCUT2D eigenvalue weighted by Crippen LogP contribution is -2.04. The second kappa shape index (κ2) is 8.55. The Hall–Kier alpha value is -3.33. The van der Waals surface area contributed by atoms with Gasteiger partial charge in [0.2, 0.25) is 0 Å². The number of rotatable bonds is 3. The minimum atomic E-state index is 0.728. The average molecular weight is 436 g/mol. The Labute approximate surface area is 198 Å². The molecule has 0 saturated carbocycles. The highest BCUT2D eigenvalue weighted by Gasteiger charge is 2.17. The molecule has 0 spiro atoms. The first-order valence-electron chi connectivity index (χ1n) is 11.6. The van der Waals surface area contributed by atoms with E-state index < -0.39 is 0 Å². The van der Waals surface area contributed by atoms with Crippen molar-refractivity contribution in [3.8, 4) is 34.2 Å². The van der Waals surface area contributed by atoms with Gasteiger partial charge in [0.15, 0.2) is 17.5 Å². The van der Waals surface area contributed by atoms with E-state index in [2.05, 4.69) is 98.7 Å². The summed E-state index contributed by atoms with van der Waals surface area (Å²) in [5.41, 5.74) is 14.3. The van der Waals surface area contributed by atoms with Crippen LogP contribution < -0.4 is 0 Å². The van der Waals surface area contributed by atoms with Crippen molar-refractivity contribution in [2.75, 3.05) is 0 Å². The molecule has 0 aliphatic rings. The Kier molecular flexibility index (Phi) is 5.92. The molecule has 0 atom stereocenters. The van der Waals surface area contributed by atoms with Gasteiger partial charge in [-0.05, 0) is 131 Å². The van der Waals surface area contributed by atoms with Crippen molar-refractivity contribution in [3.05, 3.63) is 86.5 Å². The van der Waals surface area contributed by atoms with E-state index in [1.807, 2.05) is 0 Å². The molecule has 0 amide bonds. The topological polar surface area (TPSA) is 38.7 Å². The molecule has 33 heavy (non-hydrogen) atoms. The zero-order valence-corrected chi connectivity index (χ0v) is 21.3. The normalized spacial score (nSPS) is 11.2. The standard InChI is InChI=1S/C30H33N3/c1-16-10-22(7)25(13-19(16)4)28-31-29(26-14-20(5)17(2)11-23(26)8)33-30(32-28)27-15-21(6)18(3)12-24(27)9/h10-15H,1-9H3. The summed E-state index contributed by atoms with van der Waals surface area (Å²) < 4.78 is 0. The van der Waals surface area contributed by atoms with E-state index in [1.54, 1.807) is 0 Å². The van der Waals surface area contributed by atoms with Gasteiger partial charge in [-0.2, -0.15) is 0 Å². The second-order valence-corrected chi connectivity index (χ2v) is 9.56. The van der Waals surface area contributed by atoms with E-state index in [0.29, 0.717) is 0 Å². The number of aromatic nitrogens is 3. The molecular weight excluding hydrogens is 402 g/mol. The van der Waals surface area contributed by atoms with Crippen LogP contribution in [0.2, 0.25) is 0 Å². The van der Waals surface area contributed by atoms with Gasteiger partial charge in [0.25, 0.3) is 0 Å². The van der Waals surface area contributed by atoms with Gasteiger partial charge in [-0.15, -0.1) is 0 Å². The summed E-state index contributed by atoms with van der Waals surface area (Å²) in [6.45, 7) is 19.3. The first-order chi connectivity index (χ1) is 15.5. The van der Waals surface area contributed by atoms with E-state index in [9.17, 15) is 0 Å². The zero-order valence-electron chi connectivity index (χ0n) is 21.3. The smallest absolute Gasteiger partial charge is 0.164 e. The molecule has 0 fully saturated rings. The van der Waals surface area contributed by atoms with Crippen molar-refractivity contribution in [3.63, 3.8) is 0 Å². The van der Waals surface area contributed by atoms with Crippen LogP contribution in [-0.4, -0.2) is 15.0 Å². The second-order valence-electron chi connectivity index (χ2n) is 9.56. The fourth-order valence-corrected chi connectivity index (χ4v) is 4.34. The van der Waals surface area contributed by atoms with Crippen molar-refractivity contribution < 1.29 is 0 Å². The SMILES string of the molecule is Cc1cc(C)c(-c2nc(-c3cc(C)c(C)cc3C)nc(-c3cc(C)c(C)cc3C)n2)cc1C. The lowest BCUT2D eigenvalue weighted by molar-refractivity contribution is 1.06. The summed E-state index contributed by atoms with van der Waals surface area (Å²) in [5, 5.41) is 0. The maximum Gasteiger partial charge on any atom is 0.164 e. The number of hydrogen-bond donors (Lipinski definition) is 0. The van der Waals surface area contributed by atoms with Gasteiger partial charge >= 0.3 is 0 Å². The lowest BCUT2D eigenvalue weighted by Gasteiger charge is -2.15. The van der Waals surface area contributed by atoms with Crippen LogP contribution in [0.1, 0.15) is 50.1 Å². The van der Waals surface area contributed by atoms with E-state index in [4.69, 9.17) is 15.0 Å². The van der Waals surface area contributed by atoms with Crippen LogP contribution in [0.25, 0.3) is 34.2 Å². The van der Waals surface area contributed by atoms with Crippen molar-refractivity contribution >= 4 is 0 Å². The van der Waals surface area contributed by atoms with Crippen LogP contribution >= 0.6 is 0 Å². The van der Waals surface area contributed by atoms with E-state index in [0.717, 1.165) is 34.2 Å². The van der Waals surface area contributed by atoms with Gasteiger partial charge in [0.05, 0.1) is 0 Å². The molecule has 0 N–H and O–H groups in total. The maximum absolute atomic E-state index is 5.01. The highest BCUT2D eigenvalue weighted by Crippen LogP contribution is 2.32. The molecule has 3 aromatic carbocycles. The third-order valence-corrected chi connectivity index (χ3v) is 6.88. The molecule has 1 heterocycles. The summed E-state index contributed by atoms with van der Waals surface area (Å²) in [5.74, 6) is 2.18. The number of hydrogen-bond acceptors (Lipinski definition) is 3. The first kappa shape index (κ1) is 22.8. The molecule has 4 rings (SSSR count). The molecule has 4 aromatic rings.